The van der Waals surface area contributed by atoms with Gasteiger partial charge in [-0.3, -0.25) is 11.3 Å². The Balaban J connectivity index is 2.01. The number of hydrogen-bond donors (Lipinski definition) is 2. The van der Waals surface area contributed by atoms with Crippen LogP contribution in [-0.2, 0) is 6.54 Å². The Labute approximate surface area is 94.5 Å². The van der Waals surface area contributed by atoms with E-state index in [0.717, 1.165) is 11.6 Å². The van der Waals surface area contributed by atoms with Gasteiger partial charge in [-0.05, 0) is 26.4 Å². The van der Waals surface area contributed by atoms with Gasteiger partial charge in [0.15, 0.2) is 0 Å². The van der Waals surface area contributed by atoms with Crippen molar-refractivity contribution < 1.29 is 0 Å². The molecule has 1 fully saturated rings. The molecule has 2 rings (SSSR count). The zero-order chi connectivity index (χ0) is 10.7. The van der Waals surface area contributed by atoms with E-state index in [1.165, 1.54) is 25.1 Å². The van der Waals surface area contributed by atoms with Crippen molar-refractivity contribution in [3.8, 4) is 0 Å². The zero-order valence-corrected chi connectivity index (χ0v) is 9.89. The van der Waals surface area contributed by atoms with Crippen molar-refractivity contribution in [3.05, 3.63) is 16.1 Å². The van der Waals surface area contributed by atoms with Crippen LogP contribution in [0, 0.1) is 0 Å². The molecule has 1 unspecified atom stereocenters. The first-order valence-electron chi connectivity index (χ1n) is 5.36. The lowest BCUT2D eigenvalue weighted by molar-refractivity contribution is 0.248. The second kappa shape index (κ2) is 5.03. The van der Waals surface area contributed by atoms with Gasteiger partial charge < -0.3 is 4.90 Å². The molecule has 1 atom stereocenters. The molecule has 15 heavy (non-hydrogen) atoms. The molecule has 2 heterocycles. The van der Waals surface area contributed by atoms with Gasteiger partial charge in [0.05, 0.1) is 12.2 Å². The number of nitrogens with one attached hydrogen (secondary N) is 1. The Morgan fingerprint density at radius 2 is 2.60 bits per heavy atom. The van der Waals surface area contributed by atoms with Crippen molar-refractivity contribution >= 4 is 11.3 Å². The molecular weight excluding hydrogens is 208 g/mol. The summed E-state index contributed by atoms with van der Waals surface area (Å²) in [6, 6.07) is 0. The molecule has 0 saturated carbocycles. The van der Waals surface area contributed by atoms with E-state index in [1.54, 1.807) is 11.3 Å². The highest BCUT2D eigenvalue weighted by atomic mass is 32.1. The van der Waals surface area contributed by atoms with E-state index in [-0.39, 0.29) is 0 Å². The molecule has 0 aromatic carbocycles. The van der Waals surface area contributed by atoms with Crippen LogP contribution in [0.15, 0.2) is 5.38 Å². The van der Waals surface area contributed by atoms with Gasteiger partial charge >= 0.3 is 0 Å². The van der Waals surface area contributed by atoms with Crippen LogP contribution in [0.25, 0.3) is 0 Å². The van der Waals surface area contributed by atoms with Gasteiger partial charge in [0.25, 0.3) is 0 Å². The lowest BCUT2D eigenvalue weighted by Crippen LogP contribution is -2.31. The van der Waals surface area contributed by atoms with E-state index in [1.807, 2.05) is 0 Å². The van der Waals surface area contributed by atoms with Crippen LogP contribution in [0.3, 0.4) is 0 Å². The number of nitrogens with two attached hydrogens (primary N) is 1. The molecule has 1 aliphatic rings. The van der Waals surface area contributed by atoms with Crippen LogP contribution < -0.4 is 11.3 Å². The molecule has 5 heteroatoms. The van der Waals surface area contributed by atoms with E-state index in [4.69, 9.17) is 5.84 Å². The number of likely N-dealkylation sites (N-methyl/N-ethyl adjacent to an activating group) is 1. The molecule has 4 nitrogen and oxygen atoms in total. The van der Waals surface area contributed by atoms with E-state index >= 15 is 0 Å². The Morgan fingerprint density at radius 3 is 3.33 bits per heavy atom. The standard InChI is InChI=1S/C10H18N4S/c1-14-4-2-3-8(6-14)9-7-15-10(13-9)5-12-11/h7-8,12H,2-6,11H2,1H3. The molecule has 1 saturated heterocycles. The third-order valence-corrected chi connectivity index (χ3v) is 3.73. The lowest BCUT2D eigenvalue weighted by Gasteiger charge is -2.28. The van der Waals surface area contributed by atoms with Crippen LogP contribution in [0.1, 0.15) is 29.5 Å². The third-order valence-electron chi connectivity index (χ3n) is 2.87. The maximum absolute atomic E-state index is 5.28. The van der Waals surface area contributed by atoms with Gasteiger partial charge in [0.2, 0.25) is 0 Å². The minimum atomic E-state index is 0.617. The van der Waals surface area contributed by atoms with Crippen molar-refractivity contribution in [1.82, 2.24) is 15.3 Å². The Morgan fingerprint density at radius 1 is 1.73 bits per heavy atom. The number of thiazole rings is 1. The Hall–Kier alpha value is -0.490. The molecule has 0 aliphatic carbocycles. The summed E-state index contributed by atoms with van der Waals surface area (Å²) in [5.41, 5.74) is 3.89. The zero-order valence-electron chi connectivity index (χ0n) is 9.07. The van der Waals surface area contributed by atoms with E-state index in [2.05, 4.69) is 27.7 Å². The molecule has 1 aliphatic heterocycles. The molecule has 0 radical (unpaired) electrons. The number of piperidine rings is 1. The van der Waals surface area contributed by atoms with Crippen LogP contribution in [0.4, 0.5) is 0 Å². The van der Waals surface area contributed by atoms with E-state index < -0.39 is 0 Å². The van der Waals surface area contributed by atoms with Gasteiger partial charge in [-0.15, -0.1) is 11.3 Å². The summed E-state index contributed by atoms with van der Waals surface area (Å²) in [4.78, 5) is 6.99. The molecule has 84 valence electrons. The van der Waals surface area contributed by atoms with Crippen molar-refractivity contribution in [2.24, 2.45) is 5.84 Å². The number of nitrogens with zero attached hydrogens (tertiary/aromatic N) is 2. The molecule has 0 bridgehead atoms. The summed E-state index contributed by atoms with van der Waals surface area (Å²) >= 11 is 1.70. The van der Waals surface area contributed by atoms with Gasteiger partial charge in [-0.1, -0.05) is 0 Å². The molecule has 0 amide bonds. The van der Waals surface area contributed by atoms with Gasteiger partial charge in [-0.2, -0.15) is 0 Å². The van der Waals surface area contributed by atoms with Crippen LogP contribution in [0.5, 0.6) is 0 Å². The maximum atomic E-state index is 5.28. The lowest BCUT2D eigenvalue weighted by atomic mass is 9.96. The van der Waals surface area contributed by atoms with Crippen LogP contribution >= 0.6 is 11.3 Å². The summed E-state index contributed by atoms with van der Waals surface area (Å²) in [7, 11) is 2.18. The highest BCUT2D eigenvalue weighted by Gasteiger charge is 2.20. The minimum absolute atomic E-state index is 0.617. The van der Waals surface area contributed by atoms with Crippen molar-refractivity contribution in [3.63, 3.8) is 0 Å². The third kappa shape index (κ3) is 2.75. The summed E-state index contributed by atoms with van der Waals surface area (Å²) < 4.78 is 0. The Kier molecular flexibility index (Phi) is 3.69. The first kappa shape index (κ1) is 11.0. The quantitative estimate of drug-likeness (QED) is 0.594. The monoisotopic (exact) mass is 226 g/mol. The smallest absolute Gasteiger partial charge is 0.108 e. The summed E-state index contributed by atoms with van der Waals surface area (Å²) in [6.45, 7) is 3.03. The minimum Gasteiger partial charge on any atom is -0.306 e. The van der Waals surface area contributed by atoms with Gasteiger partial charge in [0.1, 0.15) is 5.01 Å². The predicted molar refractivity (Wildman–Crippen MR) is 62.6 cm³/mol. The second-order valence-electron chi connectivity index (χ2n) is 4.15. The van der Waals surface area contributed by atoms with Crippen molar-refractivity contribution in [2.45, 2.75) is 25.3 Å². The SMILES string of the molecule is CN1CCCC(c2csc(CNN)n2)C1. The fourth-order valence-electron chi connectivity index (χ4n) is 2.09. The number of likely N-dealkylation sites (tertiary alicyclic amines) is 1. The summed E-state index contributed by atoms with van der Waals surface area (Å²) in [5.74, 6) is 5.90. The summed E-state index contributed by atoms with van der Waals surface area (Å²) in [6.07, 6.45) is 2.55. The van der Waals surface area contributed by atoms with Crippen LogP contribution in [0.2, 0.25) is 0 Å². The maximum Gasteiger partial charge on any atom is 0.108 e. The van der Waals surface area contributed by atoms with Crippen molar-refractivity contribution in [2.75, 3.05) is 20.1 Å². The fourth-order valence-corrected chi connectivity index (χ4v) is 2.92. The normalized spacial score (nSPS) is 23.2. The van der Waals surface area contributed by atoms with Gasteiger partial charge in [-0.25, -0.2) is 4.98 Å². The van der Waals surface area contributed by atoms with Gasteiger partial charge in [0, 0.05) is 17.8 Å². The first-order chi connectivity index (χ1) is 7.29. The first-order valence-corrected chi connectivity index (χ1v) is 6.24. The predicted octanol–water partition coefficient (Wildman–Crippen LogP) is 0.916. The molecule has 3 N–H and O–H groups in total. The average molecular weight is 226 g/mol. The fraction of sp³-hybridized carbons (Fsp3) is 0.700. The van der Waals surface area contributed by atoms with Crippen molar-refractivity contribution in [1.29, 1.82) is 0 Å². The highest BCUT2D eigenvalue weighted by Crippen LogP contribution is 2.27. The molecule has 0 spiro atoms. The number of hydrazine groups is 1. The molecular formula is C10H18N4S. The second-order valence-corrected chi connectivity index (χ2v) is 5.09. The summed E-state index contributed by atoms with van der Waals surface area (Å²) in [5, 5.41) is 3.26. The number of aromatic nitrogens is 1. The molecule has 1 aromatic rings. The van der Waals surface area contributed by atoms with E-state index in [0.29, 0.717) is 12.5 Å². The number of rotatable bonds is 3. The van der Waals surface area contributed by atoms with E-state index in [9.17, 15) is 0 Å². The highest BCUT2D eigenvalue weighted by molar-refractivity contribution is 7.09. The Bertz CT molecular complexity index is 312. The van der Waals surface area contributed by atoms with Crippen LogP contribution in [-0.4, -0.2) is 30.0 Å². The topological polar surface area (TPSA) is 54.2 Å². The molecule has 1 aromatic heterocycles. The largest absolute Gasteiger partial charge is 0.306 e. The number of hydrogen-bond acceptors (Lipinski definition) is 5. The average Bonchev–Trinajstić information content (AvgIpc) is 2.67.